The fraction of sp³-hybridized carbons (Fsp3) is 0.412. The third-order valence-electron chi connectivity index (χ3n) is 3.30. The lowest BCUT2D eigenvalue weighted by Gasteiger charge is -2.14. The number of rotatable bonds is 8. The Balaban J connectivity index is 2.22. The molecule has 2 aromatic rings. The molecule has 0 atom stereocenters. The summed E-state index contributed by atoms with van der Waals surface area (Å²) in [7, 11) is 1.71. The topological polar surface area (TPSA) is 30.5 Å². The van der Waals surface area contributed by atoms with E-state index in [4.69, 9.17) is 9.47 Å². The van der Waals surface area contributed by atoms with Gasteiger partial charge in [-0.15, -0.1) is 0 Å². The van der Waals surface area contributed by atoms with Gasteiger partial charge in [0.2, 0.25) is 0 Å². The number of nitrogens with one attached hydrogen (secondary N) is 1. The van der Waals surface area contributed by atoms with E-state index in [0.717, 1.165) is 31.9 Å². The normalized spacial score (nSPS) is 10.9. The molecule has 0 radical (unpaired) electrons. The quantitative estimate of drug-likeness (QED) is 0.748. The Kier molecular flexibility index (Phi) is 5.84. The summed E-state index contributed by atoms with van der Waals surface area (Å²) in [5.74, 6) is 0.973. The summed E-state index contributed by atoms with van der Waals surface area (Å²) >= 11 is 0. The summed E-state index contributed by atoms with van der Waals surface area (Å²) in [5, 5.41) is 5.91. The molecule has 0 unspecified atom stereocenters. The molecule has 0 saturated carbocycles. The molecule has 20 heavy (non-hydrogen) atoms. The molecule has 1 N–H and O–H groups in total. The van der Waals surface area contributed by atoms with E-state index >= 15 is 0 Å². The highest BCUT2D eigenvalue weighted by atomic mass is 16.5. The Labute approximate surface area is 120 Å². The Hall–Kier alpha value is -1.58. The van der Waals surface area contributed by atoms with Gasteiger partial charge in [0.1, 0.15) is 5.75 Å². The molecule has 0 amide bonds. The summed E-state index contributed by atoms with van der Waals surface area (Å²) in [4.78, 5) is 0. The first-order valence-electron chi connectivity index (χ1n) is 7.20. The van der Waals surface area contributed by atoms with Crippen LogP contribution in [0.3, 0.4) is 0 Å². The number of fused-ring (bicyclic) bond motifs is 1. The molecule has 0 aromatic heterocycles. The van der Waals surface area contributed by atoms with Crippen molar-refractivity contribution in [1.29, 1.82) is 0 Å². The minimum absolute atomic E-state index is 0.686. The predicted molar refractivity (Wildman–Crippen MR) is 83.3 cm³/mol. The molecule has 3 heteroatoms. The maximum Gasteiger partial charge on any atom is 0.124 e. The molecule has 0 fully saturated rings. The molecular formula is C17H23NO2. The van der Waals surface area contributed by atoms with E-state index in [1.807, 2.05) is 0 Å². The van der Waals surface area contributed by atoms with E-state index in [2.05, 4.69) is 48.6 Å². The van der Waals surface area contributed by atoms with Crippen LogP contribution in [0.5, 0.6) is 5.75 Å². The lowest BCUT2D eigenvalue weighted by Crippen LogP contribution is -2.13. The molecule has 0 aliphatic heterocycles. The summed E-state index contributed by atoms with van der Waals surface area (Å²) in [6.07, 6.45) is 0.907. The standard InChI is InChI=1S/C17H23NO2/c1-3-18-13-16-15-8-5-4-7-14(15)9-10-17(16)20-12-6-11-19-2/h4-5,7-10,18H,3,6,11-13H2,1-2H3. The van der Waals surface area contributed by atoms with E-state index in [1.54, 1.807) is 7.11 Å². The van der Waals surface area contributed by atoms with Gasteiger partial charge in [-0.1, -0.05) is 37.3 Å². The van der Waals surface area contributed by atoms with Crippen LogP contribution in [-0.4, -0.2) is 26.9 Å². The van der Waals surface area contributed by atoms with Crippen LogP contribution in [0.1, 0.15) is 18.9 Å². The number of benzene rings is 2. The van der Waals surface area contributed by atoms with Crippen LogP contribution in [-0.2, 0) is 11.3 Å². The highest BCUT2D eigenvalue weighted by Crippen LogP contribution is 2.28. The van der Waals surface area contributed by atoms with E-state index in [1.165, 1.54) is 16.3 Å². The van der Waals surface area contributed by atoms with E-state index in [-0.39, 0.29) is 0 Å². The SMILES string of the molecule is CCNCc1c(OCCCOC)ccc2ccccc12. The van der Waals surface area contributed by atoms with Gasteiger partial charge in [-0.05, 0) is 23.4 Å². The fourth-order valence-electron chi connectivity index (χ4n) is 2.27. The van der Waals surface area contributed by atoms with Gasteiger partial charge >= 0.3 is 0 Å². The van der Waals surface area contributed by atoms with Gasteiger partial charge in [0.05, 0.1) is 6.61 Å². The van der Waals surface area contributed by atoms with Crippen LogP contribution in [0.25, 0.3) is 10.8 Å². The zero-order valence-corrected chi connectivity index (χ0v) is 12.3. The second kappa shape index (κ2) is 7.88. The van der Waals surface area contributed by atoms with E-state index in [0.29, 0.717) is 6.61 Å². The summed E-state index contributed by atoms with van der Waals surface area (Å²) in [6.45, 7) is 5.31. The Morgan fingerprint density at radius 2 is 1.90 bits per heavy atom. The predicted octanol–water partition coefficient (Wildman–Crippen LogP) is 3.36. The van der Waals surface area contributed by atoms with E-state index in [9.17, 15) is 0 Å². The molecule has 0 aliphatic carbocycles. The van der Waals surface area contributed by atoms with Crippen LogP contribution in [0.2, 0.25) is 0 Å². The molecule has 2 aromatic carbocycles. The van der Waals surface area contributed by atoms with Gasteiger partial charge in [-0.25, -0.2) is 0 Å². The fourth-order valence-corrected chi connectivity index (χ4v) is 2.27. The summed E-state index contributed by atoms with van der Waals surface area (Å²) in [5.41, 5.74) is 1.24. The molecule has 3 nitrogen and oxygen atoms in total. The van der Waals surface area contributed by atoms with E-state index < -0.39 is 0 Å². The van der Waals surface area contributed by atoms with Crippen molar-refractivity contribution in [3.05, 3.63) is 42.0 Å². The average Bonchev–Trinajstić information content (AvgIpc) is 2.50. The van der Waals surface area contributed by atoms with Crippen molar-refractivity contribution in [2.45, 2.75) is 19.9 Å². The molecule has 0 spiro atoms. The molecule has 0 aliphatic rings. The van der Waals surface area contributed by atoms with Gasteiger partial charge in [-0.3, -0.25) is 0 Å². The largest absolute Gasteiger partial charge is 0.493 e. The maximum absolute atomic E-state index is 5.92. The zero-order valence-electron chi connectivity index (χ0n) is 12.3. The van der Waals surface area contributed by atoms with Crippen molar-refractivity contribution in [2.24, 2.45) is 0 Å². The van der Waals surface area contributed by atoms with Crippen molar-refractivity contribution in [3.63, 3.8) is 0 Å². The molecule has 0 bridgehead atoms. The number of hydrogen-bond donors (Lipinski definition) is 1. The van der Waals surface area contributed by atoms with Gasteiger partial charge in [0.15, 0.2) is 0 Å². The maximum atomic E-state index is 5.92. The minimum atomic E-state index is 0.686. The summed E-state index contributed by atoms with van der Waals surface area (Å²) in [6, 6.07) is 12.6. The monoisotopic (exact) mass is 273 g/mol. The lowest BCUT2D eigenvalue weighted by molar-refractivity contribution is 0.172. The van der Waals surface area contributed by atoms with Crippen LogP contribution in [0.4, 0.5) is 0 Å². The second-order valence-corrected chi connectivity index (χ2v) is 4.74. The van der Waals surface area contributed by atoms with Crippen LogP contribution in [0, 0.1) is 0 Å². The molecular weight excluding hydrogens is 250 g/mol. The lowest BCUT2D eigenvalue weighted by atomic mass is 10.0. The van der Waals surface area contributed by atoms with Gasteiger partial charge < -0.3 is 14.8 Å². The first kappa shape index (κ1) is 14.8. The van der Waals surface area contributed by atoms with Crippen LogP contribution < -0.4 is 10.1 Å². The first-order valence-corrected chi connectivity index (χ1v) is 7.20. The molecule has 0 heterocycles. The number of ether oxygens (including phenoxy) is 2. The van der Waals surface area contributed by atoms with Gasteiger partial charge in [0.25, 0.3) is 0 Å². The molecule has 108 valence electrons. The van der Waals surface area contributed by atoms with Gasteiger partial charge in [-0.2, -0.15) is 0 Å². The third-order valence-corrected chi connectivity index (χ3v) is 3.30. The molecule has 0 saturated heterocycles. The molecule has 2 rings (SSSR count). The smallest absolute Gasteiger partial charge is 0.124 e. The zero-order chi connectivity index (χ0) is 14.2. The Bertz CT molecular complexity index is 540. The summed E-state index contributed by atoms with van der Waals surface area (Å²) < 4.78 is 11.0. The highest BCUT2D eigenvalue weighted by molar-refractivity contribution is 5.87. The van der Waals surface area contributed by atoms with Crippen molar-refractivity contribution >= 4 is 10.8 Å². The van der Waals surface area contributed by atoms with Crippen LogP contribution >= 0.6 is 0 Å². The van der Waals surface area contributed by atoms with Crippen molar-refractivity contribution in [3.8, 4) is 5.75 Å². The number of hydrogen-bond acceptors (Lipinski definition) is 3. The Morgan fingerprint density at radius 1 is 1.05 bits per heavy atom. The van der Waals surface area contributed by atoms with Crippen molar-refractivity contribution in [2.75, 3.05) is 26.9 Å². The first-order chi connectivity index (χ1) is 9.86. The van der Waals surface area contributed by atoms with Crippen molar-refractivity contribution in [1.82, 2.24) is 5.32 Å². The van der Waals surface area contributed by atoms with Crippen LogP contribution in [0.15, 0.2) is 36.4 Å². The Morgan fingerprint density at radius 3 is 2.70 bits per heavy atom. The van der Waals surface area contributed by atoms with Crippen molar-refractivity contribution < 1.29 is 9.47 Å². The minimum Gasteiger partial charge on any atom is -0.493 e. The number of methoxy groups -OCH3 is 1. The third kappa shape index (κ3) is 3.71. The highest BCUT2D eigenvalue weighted by Gasteiger charge is 2.08. The average molecular weight is 273 g/mol. The second-order valence-electron chi connectivity index (χ2n) is 4.74. The van der Waals surface area contributed by atoms with Gasteiger partial charge in [0, 0.05) is 32.2 Å².